The summed E-state index contributed by atoms with van der Waals surface area (Å²) in [5.41, 5.74) is 0.615. The average Bonchev–Trinajstić information content (AvgIpc) is 2.84. The maximum atomic E-state index is 12.3. The summed E-state index contributed by atoms with van der Waals surface area (Å²) in [5, 5.41) is 5.17. The van der Waals surface area contributed by atoms with E-state index in [2.05, 4.69) is 0 Å². The van der Waals surface area contributed by atoms with Crippen LogP contribution in [-0.4, -0.2) is 38.9 Å². The lowest BCUT2D eigenvalue weighted by Gasteiger charge is -2.21. The van der Waals surface area contributed by atoms with E-state index in [9.17, 15) is 13.2 Å². The number of rotatable bonds is 4. The van der Waals surface area contributed by atoms with Gasteiger partial charge in [0.05, 0.1) is 13.5 Å². The van der Waals surface area contributed by atoms with Crippen molar-refractivity contribution >= 4 is 15.9 Å². The molecular weight excluding hydrogens is 292 g/mol. The predicted molar refractivity (Wildman–Crippen MR) is 78.5 cm³/mol. The molecule has 116 valence electrons. The number of amides is 1. The van der Waals surface area contributed by atoms with Crippen molar-refractivity contribution in [1.29, 1.82) is 0 Å². The molecule has 0 aromatic heterocycles. The normalized spacial score (nSPS) is 18.8. The molecule has 0 bridgehead atoms. The van der Waals surface area contributed by atoms with Crippen molar-refractivity contribution in [2.24, 2.45) is 5.14 Å². The van der Waals surface area contributed by atoms with Crippen LogP contribution in [0.3, 0.4) is 0 Å². The van der Waals surface area contributed by atoms with Crippen molar-refractivity contribution in [2.45, 2.75) is 37.1 Å². The molecule has 6 nitrogen and oxygen atoms in total. The Balaban J connectivity index is 2.23. The number of nitrogens with two attached hydrogens (primary N) is 1. The number of hydrogen-bond donors (Lipinski definition) is 1. The number of primary sulfonamides is 1. The lowest BCUT2D eigenvalue weighted by molar-refractivity contribution is -0.130. The quantitative estimate of drug-likeness (QED) is 0.894. The van der Waals surface area contributed by atoms with Gasteiger partial charge < -0.3 is 9.64 Å². The fraction of sp³-hybridized carbons (Fsp3) is 0.500. The molecule has 7 heteroatoms. The third-order valence-electron chi connectivity index (χ3n) is 3.76. The predicted octanol–water partition coefficient (Wildman–Crippen LogP) is 0.896. The molecule has 1 saturated heterocycles. The zero-order valence-electron chi connectivity index (χ0n) is 12.2. The van der Waals surface area contributed by atoms with Crippen LogP contribution in [0.15, 0.2) is 23.1 Å². The van der Waals surface area contributed by atoms with Gasteiger partial charge in [0.15, 0.2) is 0 Å². The molecule has 1 heterocycles. The molecule has 0 radical (unpaired) electrons. The Morgan fingerprint density at radius 2 is 2.19 bits per heavy atom. The van der Waals surface area contributed by atoms with Gasteiger partial charge in [0.25, 0.3) is 0 Å². The van der Waals surface area contributed by atoms with Crippen LogP contribution in [0, 0.1) is 0 Å². The standard InChI is InChI=1S/C14H20N2O4S/c1-10-4-3-7-16(10)14(17)9-11-5-6-12(20-2)13(8-11)21(15,18)19/h5-6,8,10H,3-4,7,9H2,1-2H3,(H2,15,18,19). The first-order valence-electron chi connectivity index (χ1n) is 6.82. The highest BCUT2D eigenvalue weighted by Gasteiger charge is 2.25. The first-order valence-corrected chi connectivity index (χ1v) is 8.36. The van der Waals surface area contributed by atoms with E-state index in [1.54, 1.807) is 6.07 Å². The van der Waals surface area contributed by atoms with Gasteiger partial charge in [-0.1, -0.05) is 6.07 Å². The number of carbonyl (C=O) groups is 1. The Bertz CT molecular complexity index is 642. The molecule has 1 unspecified atom stereocenters. The number of benzene rings is 1. The number of ether oxygens (including phenoxy) is 1. The summed E-state index contributed by atoms with van der Waals surface area (Å²) in [5.74, 6) is 0.189. The minimum Gasteiger partial charge on any atom is -0.495 e. The summed E-state index contributed by atoms with van der Waals surface area (Å²) in [4.78, 5) is 14.0. The van der Waals surface area contributed by atoms with Crippen molar-refractivity contribution in [3.63, 3.8) is 0 Å². The second-order valence-corrected chi connectivity index (χ2v) is 6.82. The summed E-state index contributed by atoms with van der Waals surface area (Å²) in [6.45, 7) is 2.78. The molecule has 0 aliphatic carbocycles. The first kappa shape index (κ1) is 15.8. The zero-order chi connectivity index (χ0) is 15.6. The largest absolute Gasteiger partial charge is 0.495 e. The average molecular weight is 312 g/mol. The van der Waals surface area contributed by atoms with E-state index in [1.165, 1.54) is 19.2 Å². The van der Waals surface area contributed by atoms with Crippen molar-refractivity contribution < 1.29 is 17.9 Å². The molecule has 1 fully saturated rings. The maximum absolute atomic E-state index is 12.3. The molecule has 1 aromatic rings. The number of likely N-dealkylation sites (tertiary alicyclic amines) is 1. The Morgan fingerprint density at radius 1 is 1.48 bits per heavy atom. The highest BCUT2D eigenvalue weighted by Crippen LogP contribution is 2.25. The fourth-order valence-electron chi connectivity index (χ4n) is 2.63. The van der Waals surface area contributed by atoms with Crippen LogP contribution in [0.1, 0.15) is 25.3 Å². The number of carbonyl (C=O) groups excluding carboxylic acids is 1. The smallest absolute Gasteiger partial charge is 0.241 e. The lowest BCUT2D eigenvalue weighted by Crippen LogP contribution is -2.34. The Kier molecular flexibility index (Phi) is 4.53. The highest BCUT2D eigenvalue weighted by molar-refractivity contribution is 7.89. The Morgan fingerprint density at radius 3 is 2.71 bits per heavy atom. The summed E-state index contributed by atoms with van der Waals surface area (Å²) < 4.78 is 28.1. The molecule has 1 aromatic carbocycles. The van der Waals surface area contributed by atoms with E-state index in [1.807, 2.05) is 11.8 Å². The van der Waals surface area contributed by atoms with Crippen LogP contribution < -0.4 is 9.88 Å². The van der Waals surface area contributed by atoms with E-state index in [4.69, 9.17) is 9.88 Å². The number of hydrogen-bond acceptors (Lipinski definition) is 4. The molecule has 2 N–H and O–H groups in total. The maximum Gasteiger partial charge on any atom is 0.241 e. The van der Waals surface area contributed by atoms with Gasteiger partial charge in [-0.25, -0.2) is 13.6 Å². The van der Waals surface area contributed by atoms with Gasteiger partial charge in [-0.3, -0.25) is 4.79 Å². The van der Waals surface area contributed by atoms with Gasteiger partial charge in [0, 0.05) is 12.6 Å². The SMILES string of the molecule is COc1ccc(CC(=O)N2CCCC2C)cc1S(N)(=O)=O. The van der Waals surface area contributed by atoms with E-state index >= 15 is 0 Å². The molecule has 1 atom stereocenters. The van der Waals surface area contributed by atoms with Gasteiger partial charge in [-0.05, 0) is 37.5 Å². The molecule has 0 spiro atoms. The Hall–Kier alpha value is -1.60. The monoisotopic (exact) mass is 312 g/mol. The van der Waals surface area contributed by atoms with Gasteiger partial charge in [-0.2, -0.15) is 0 Å². The third-order valence-corrected chi connectivity index (χ3v) is 4.70. The second-order valence-electron chi connectivity index (χ2n) is 5.29. The van der Waals surface area contributed by atoms with Gasteiger partial charge in [0.2, 0.25) is 15.9 Å². The van der Waals surface area contributed by atoms with Crippen LogP contribution in [0.25, 0.3) is 0 Å². The van der Waals surface area contributed by atoms with E-state index in [-0.39, 0.29) is 29.0 Å². The highest BCUT2D eigenvalue weighted by atomic mass is 32.2. The Labute approximate surface area is 124 Å². The third kappa shape index (κ3) is 3.54. The number of sulfonamides is 1. The van der Waals surface area contributed by atoms with Crippen molar-refractivity contribution in [3.05, 3.63) is 23.8 Å². The fourth-order valence-corrected chi connectivity index (χ4v) is 3.38. The summed E-state index contributed by atoms with van der Waals surface area (Å²) in [6, 6.07) is 4.86. The lowest BCUT2D eigenvalue weighted by atomic mass is 10.1. The van der Waals surface area contributed by atoms with Crippen molar-refractivity contribution in [2.75, 3.05) is 13.7 Å². The molecule has 2 rings (SSSR count). The van der Waals surface area contributed by atoms with Gasteiger partial charge in [0.1, 0.15) is 10.6 Å². The van der Waals surface area contributed by atoms with Crippen molar-refractivity contribution in [3.8, 4) is 5.75 Å². The zero-order valence-corrected chi connectivity index (χ0v) is 13.0. The molecule has 0 saturated carbocycles. The van der Waals surface area contributed by atoms with Crippen LogP contribution in [0.4, 0.5) is 0 Å². The van der Waals surface area contributed by atoms with Gasteiger partial charge >= 0.3 is 0 Å². The summed E-state index contributed by atoms with van der Waals surface area (Å²) in [7, 11) is -2.51. The number of methoxy groups -OCH3 is 1. The van der Waals surface area contributed by atoms with Crippen LogP contribution in [-0.2, 0) is 21.2 Å². The first-order chi connectivity index (χ1) is 9.82. The van der Waals surface area contributed by atoms with Crippen molar-refractivity contribution in [1.82, 2.24) is 4.90 Å². The van der Waals surface area contributed by atoms with Crippen LogP contribution >= 0.6 is 0 Å². The summed E-state index contributed by atoms with van der Waals surface area (Å²) >= 11 is 0. The molecular formula is C14H20N2O4S. The molecule has 1 aliphatic rings. The molecule has 1 amide bonds. The van der Waals surface area contributed by atoms with E-state index < -0.39 is 10.0 Å². The number of nitrogens with zero attached hydrogens (tertiary/aromatic N) is 1. The summed E-state index contributed by atoms with van der Waals surface area (Å²) in [6.07, 6.45) is 2.19. The van der Waals surface area contributed by atoms with Crippen LogP contribution in [0.5, 0.6) is 5.75 Å². The van der Waals surface area contributed by atoms with Gasteiger partial charge in [-0.15, -0.1) is 0 Å². The minimum absolute atomic E-state index is 0.00513. The molecule has 1 aliphatic heterocycles. The molecule has 21 heavy (non-hydrogen) atoms. The van der Waals surface area contributed by atoms with Crippen LogP contribution in [0.2, 0.25) is 0 Å². The van der Waals surface area contributed by atoms with E-state index in [0.29, 0.717) is 5.56 Å². The second kappa shape index (κ2) is 6.03. The topological polar surface area (TPSA) is 89.7 Å². The van der Waals surface area contributed by atoms with E-state index in [0.717, 1.165) is 19.4 Å². The minimum atomic E-state index is -3.88.